The summed E-state index contributed by atoms with van der Waals surface area (Å²) in [5, 5.41) is 20.4. The quantitative estimate of drug-likeness (QED) is 0.659. The van der Waals surface area contributed by atoms with Crippen LogP contribution in [0, 0.1) is 5.92 Å². The van der Waals surface area contributed by atoms with Crippen LogP contribution in [0.2, 0.25) is 0 Å². The zero-order valence-corrected chi connectivity index (χ0v) is 11.0. The molecule has 1 unspecified atom stereocenters. The monoisotopic (exact) mass is 246 g/mol. The fraction of sp³-hybridized carbons (Fsp3) is 0.818. The topological polar surface area (TPSA) is 89.9 Å². The average molecular weight is 246 g/mol. The lowest BCUT2D eigenvalue weighted by atomic mass is 10.1. The molecule has 0 aliphatic rings. The minimum atomic E-state index is -1.29. The molecule has 100 valence electrons. The van der Waals surface area contributed by atoms with E-state index in [2.05, 4.69) is 5.32 Å². The molecular formula is C11H22N2O4. The van der Waals surface area contributed by atoms with Crippen LogP contribution in [0.1, 0.15) is 27.7 Å². The molecule has 0 aromatic rings. The summed E-state index contributed by atoms with van der Waals surface area (Å²) in [5.74, 6) is -0.987. The molecule has 0 fully saturated rings. The summed E-state index contributed by atoms with van der Waals surface area (Å²) in [6.45, 7) is 7.14. The molecule has 0 saturated carbocycles. The number of urea groups is 1. The second kappa shape index (κ2) is 6.44. The number of aliphatic hydroxyl groups is 1. The van der Waals surface area contributed by atoms with Crippen molar-refractivity contribution in [2.45, 2.75) is 45.9 Å². The van der Waals surface area contributed by atoms with E-state index < -0.39 is 24.1 Å². The SMILES string of the molecule is CC(C)C(C)N(C)C(=O)N[C@H](C(=O)O)[C@@H](C)O. The second-order valence-electron chi connectivity index (χ2n) is 4.60. The summed E-state index contributed by atoms with van der Waals surface area (Å²) >= 11 is 0. The van der Waals surface area contributed by atoms with Crippen LogP contribution in [0.4, 0.5) is 4.79 Å². The number of aliphatic carboxylic acids is 1. The van der Waals surface area contributed by atoms with Crippen LogP contribution >= 0.6 is 0 Å². The smallest absolute Gasteiger partial charge is 0.328 e. The van der Waals surface area contributed by atoms with Crippen molar-refractivity contribution in [2.75, 3.05) is 7.05 Å². The van der Waals surface area contributed by atoms with Crippen LogP contribution in [0.15, 0.2) is 0 Å². The molecule has 0 spiro atoms. The molecule has 0 rings (SSSR count). The molecule has 0 aromatic carbocycles. The molecule has 0 heterocycles. The van der Waals surface area contributed by atoms with E-state index in [9.17, 15) is 14.7 Å². The third-order valence-corrected chi connectivity index (χ3v) is 2.92. The van der Waals surface area contributed by atoms with Crippen molar-refractivity contribution in [3.05, 3.63) is 0 Å². The molecule has 0 aromatic heterocycles. The maximum atomic E-state index is 11.7. The molecule has 0 aliphatic heterocycles. The Kier molecular flexibility index (Phi) is 5.95. The first-order valence-corrected chi connectivity index (χ1v) is 5.62. The normalized spacial score (nSPS) is 16.2. The number of hydrogen-bond acceptors (Lipinski definition) is 3. The van der Waals surface area contributed by atoms with Crippen molar-refractivity contribution in [2.24, 2.45) is 5.92 Å². The first-order valence-electron chi connectivity index (χ1n) is 5.62. The Labute approximate surface area is 102 Å². The Morgan fingerprint density at radius 1 is 1.18 bits per heavy atom. The highest BCUT2D eigenvalue weighted by Crippen LogP contribution is 2.08. The molecule has 0 aliphatic carbocycles. The summed E-state index contributed by atoms with van der Waals surface area (Å²) < 4.78 is 0. The number of hydrogen-bond donors (Lipinski definition) is 3. The van der Waals surface area contributed by atoms with Crippen LogP contribution in [0.3, 0.4) is 0 Å². The van der Waals surface area contributed by atoms with Gasteiger partial charge >= 0.3 is 12.0 Å². The predicted octanol–water partition coefficient (Wildman–Crippen LogP) is 0.506. The number of carbonyl (C=O) groups is 2. The molecule has 2 amide bonds. The number of nitrogens with zero attached hydrogens (tertiary/aromatic N) is 1. The van der Waals surface area contributed by atoms with Crippen LogP contribution in [-0.4, -0.2) is 52.3 Å². The van der Waals surface area contributed by atoms with E-state index >= 15 is 0 Å². The highest BCUT2D eigenvalue weighted by Gasteiger charge is 2.28. The van der Waals surface area contributed by atoms with Gasteiger partial charge in [-0.15, -0.1) is 0 Å². The lowest BCUT2D eigenvalue weighted by Crippen LogP contribution is -2.53. The van der Waals surface area contributed by atoms with Crippen LogP contribution in [0.25, 0.3) is 0 Å². The lowest BCUT2D eigenvalue weighted by molar-refractivity contribution is -0.141. The summed E-state index contributed by atoms with van der Waals surface area (Å²) in [6, 6.07) is -1.80. The number of carboxylic acid groups (broad SMARTS) is 1. The minimum Gasteiger partial charge on any atom is -0.480 e. The fourth-order valence-electron chi connectivity index (χ4n) is 1.26. The molecule has 0 bridgehead atoms. The molecular weight excluding hydrogens is 224 g/mol. The Hall–Kier alpha value is -1.30. The van der Waals surface area contributed by atoms with E-state index in [1.54, 1.807) is 7.05 Å². The number of aliphatic hydroxyl groups excluding tert-OH is 1. The van der Waals surface area contributed by atoms with E-state index in [-0.39, 0.29) is 12.0 Å². The molecule has 3 atom stereocenters. The molecule has 3 N–H and O–H groups in total. The van der Waals surface area contributed by atoms with Crippen molar-refractivity contribution < 1.29 is 19.8 Å². The predicted molar refractivity (Wildman–Crippen MR) is 63.7 cm³/mol. The van der Waals surface area contributed by atoms with Crippen LogP contribution in [0.5, 0.6) is 0 Å². The van der Waals surface area contributed by atoms with Gasteiger partial charge in [-0.2, -0.15) is 0 Å². The number of carboxylic acids is 1. The zero-order valence-electron chi connectivity index (χ0n) is 11.0. The number of amides is 2. The minimum absolute atomic E-state index is 0.0153. The Morgan fingerprint density at radius 3 is 1.94 bits per heavy atom. The largest absolute Gasteiger partial charge is 0.480 e. The average Bonchev–Trinajstić information content (AvgIpc) is 2.22. The molecule has 6 nitrogen and oxygen atoms in total. The van der Waals surface area contributed by atoms with E-state index in [1.807, 2.05) is 20.8 Å². The fourth-order valence-corrected chi connectivity index (χ4v) is 1.26. The summed E-state index contributed by atoms with van der Waals surface area (Å²) in [4.78, 5) is 24.0. The van der Waals surface area contributed by atoms with Crippen molar-refractivity contribution in [1.82, 2.24) is 10.2 Å². The maximum absolute atomic E-state index is 11.7. The van der Waals surface area contributed by atoms with Gasteiger partial charge in [0.25, 0.3) is 0 Å². The van der Waals surface area contributed by atoms with Gasteiger partial charge in [0.2, 0.25) is 0 Å². The Balaban J connectivity index is 4.56. The third-order valence-electron chi connectivity index (χ3n) is 2.92. The van der Waals surface area contributed by atoms with Crippen molar-refractivity contribution in [3.8, 4) is 0 Å². The Morgan fingerprint density at radius 2 is 1.65 bits per heavy atom. The number of nitrogens with one attached hydrogen (secondary N) is 1. The van der Waals surface area contributed by atoms with Gasteiger partial charge in [0, 0.05) is 13.1 Å². The van der Waals surface area contributed by atoms with E-state index in [4.69, 9.17) is 5.11 Å². The molecule has 0 radical (unpaired) electrons. The van der Waals surface area contributed by atoms with E-state index in [0.29, 0.717) is 0 Å². The van der Waals surface area contributed by atoms with Crippen LogP contribution < -0.4 is 5.32 Å². The molecule has 6 heteroatoms. The number of rotatable bonds is 5. The summed E-state index contributed by atoms with van der Waals surface area (Å²) in [7, 11) is 1.60. The zero-order chi connectivity index (χ0) is 13.7. The van der Waals surface area contributed by atoms with E-state index in [0.717, 1.165) is 0 Å². The summed E-state index contributed by atoms with van der Waals surface area (Å²) in [6.07, 6.45) is -1.14. The van der Waals surface area contributed by atoms with Gasteiger partial charge in [0.1, 0.15) is 0 Å². The third kappa shape index (κ3) is 4.60. The van der Waals surface area contributed by atoms with Gasteiger partial charge in [-0.05, 0) is 19.8 Å². The van der Waals surface area contributed by atoms with Gasteiger partial charge < -0.3 is 20.4 Å². The van der Waals surface area contributed by atoms with Crippen molar-refractivity contribution in [3.63, 3.8) is 0 Å². The van der Waals surface area contributed by atoms with Gasteiger partial charge in [0.15, 0.2) is 6.04 Å². The summed E-state index contributed by atoms with van der Waals surface area (Å²) in [5.41, 5.74) is 0. The lowest BCUT2D eigenvalue weighted by Gasteiger charge is -2.29. The highest BCUT2D eigenvalue weighted by atomic mass is 16.4. The molecule has 0 saturated heterocycles. The van der Waals surface area contributed by atoms with Crippen LogP contribution in [-0.2, 0) is 4.79 Å². The van der Waals surface area contributed by atoms with E-state index in [1.165, 1.54) is 11.8 Å². The van der Waals surface area contributed by atoms with Crippen molar-refractivity contribution >= 4 is 12.0 Å². The Bertz CT molecular complexity index is 279. The number of carbonyl (C=O) groups excluding carboxylic acids is 1. The van der Waals surface area contributed by atoms with Crippen molar-refractivity contribution in [1.29, 1.82) is 0 Å². The van der Waals surface area contributed by atoms with Gasteiger partial charge in [-0.3, -0.25) is 0 Å². The maximum Gasteiger partial charge on any atom is 0.328 e. The van der Waals surface area contributed by atoms with Gasteiger partial charge in [0.05, 0.1) is 6.10 Å². The van der Waals surface area contributed by atoms with Gasteiger partial charge in [-0.1, -0.05) is 13.8 Å². The second-order valence-corrected chi connectivity index (χ2v) is 4.60. The van der Waals surface area contributed by atoms with Gasteiger partial charge in [-0.25, -0.2) is 9.59 Å². The standard InChI is InChI=1S/C11H22N2O4/c1-6(2)7(3)13(5)11(17)12-9(8(4)14)10(15)16/h6-9,14H,1-5H3,(H,12,17)(H,15,16)/t7?,8-,9+/m1/s1. The first kappa shape index (κ1) is 15.7. The first-order chi connectivity index (χ1) is 7.68. The molecule has 17 heavy (non-hydrogen) atoms. The highest BCUT2D eigenvalue weighted by molar-refractivity contribution is 5.83.